The number of rotatable bonds is 4. The molecule has 2 rings (SSSR count). The van der Waals surface area contributed by atoms with Gasteiger partial charge in [-0.1, -0.05) is 36.2 Å². The summed E-state index contributed by atoms with van der Waals surface area (Å²) < 4.78 is 0. The summed E-state index contributed by atoms with van der Waals surface area (Å²) >= 11 is 12.0. The Kier molecular flexibility index (Phi) is 4.88. The summed E-state index contributed by atoms with van der Waals surface area (Å²) in [4.78, 5) is 12.6. The molecule has 1 heterocycles. The van der Waals surface area contributed by atoms with Gasteiger partial charge in [-0.15, -0.1) is 0 Å². The van der Waals surface area contributed by atoms with E-state index in [4.69, 9.17) is 23.2 Å². The number of benzene rings is 1. The molecule has 0 spiro atoms. The summed E-state index contributed by atoms with van der Waals surface area (Å²) in [6, 6.07) is 5.34. The monoisotopic (exact) mass is 299 g/mol. The van der Waals surface area contributed by atoms with Crippen molar-refractivity contribution in [2.24, 2.45) is 5.41 Å². The van der Waals surface area contributed by atoms with Crippen molar-refractivity contribution < 1.29 is 4.79 Å². The SMILES string of the molecule is CCC1(C(=O)Cc2ccc(Cl)cc2Cl)CCNCC1. The Morgan fingerprint density at radius 3 is 2.58 bits per heavy atom. The summed E-state index contributed by atoms with van der Waals surface area (Å²) in [6.07, 6.45) is 3.16. The van der Waals surface area contributed by atoms with E-state index in [2.05, 4.69) is 12.2 Å². The maximum absolute atomic E-state index is 12.6. The molecule has 1 fully saturated rings. The van der Waals surface area contributed by atoms with Crippen LogP contribution in [0.25, 0.3) is 0 Å². The van der Waals surface area contributed by atoms with Crippen molar-refractivity contribution in [3.8, 4) is 0 Å². The number of hydrogen-bond acceptors (Lipinski definition) is 2. The lowest BCUT2D eigenvalue weighted by atomic mass is 9.72. The van der Waals surface area contributed by atoms with E-state index in [0.717, 1.165) is 37.9 Å². The fourth-order valence-corrected chi connectivity index (χ4v) is 3.24. The average Bonchev–Trinajstić information content (AvgIpc) is 2.42. The van der Waals surface area contributed by atoms with Crippen molar-refractivity contribution in [3.05, 3.63) is 33.8 Å². The normalized spacial score (nSPS) is 18.3. The third-order valence-electron chi connectivity index (χ3n) is 4.20. The van der Waals surface area contributed by atoms with Crippen LogP contribution in [0.4, 0.5) is 0 Å². The largest absolute Gasteiger partial charge is 0.317 e. The van der Waals surface area contributed by atoms with Crippen LogP contribution in [0.15, 0.2) is 18.2 Å². The van der Waals surface area contributed by atoms with Crippen LogP contribution in [0.1, 0.15) is 31.7 Å². The minimum absolute atomic E-state index is 0.172. The van der Waals surface area contributed by atoms with Gasteiger partial charge in [0.05, 0.1) is 0 Å². The highest BCUT2D eigenvalue weighted by Gasteiger charge is 2.37. The molecule has 0 aliphatic carbocycles. The van der Waals surface area contributed by atoms with Crippen molar-refractivity contribution in [1.82, 2.24) is 5.32 Å². The number of ketones is 1. The molecule has 2 nitrogen and oxygen atoms in total. The second-order valence-corrected chi connectivity index (χ2v) is 6.06. The molecular weight excluding hydrogens is 281 g/mol. The standard InChI is InChI=1S/C15H19Cl2NO/c1-2-15(5-7-18-8-6-15)14(19)9-11-3-4-12(16)10-13(11)17/h3-4,10,18H,2,5-9H2,1H3. The van der Waals surface area contributed by atoms with Crippen LogP contribution in [-0.4, -0.2) is 18.9 Å². The summed E-state index contributed by atoms with van der Waals surface area (Å²) in [7, 11) is 0. The fraction of sp³-hybridized carbons (Fsp3) is 0.533. The lowest BCUT2D eigenvalue weighted by molar-refractivity contribution is -0.129. The molecule has 0 saturated carbocycles. The third-order valence-corrected chi connectivity index (χ3v) is 4.78. The Labute approximate surface area is 124 Å². The number of carbonyl (C=O) groups excluding carboxylic acids is 1. The second kappa shape index (κ2) is 6.25. The van der Waals surface area contributed by atoms with Gasteiger partial charge in [0.1, 0.15) is 5.78 Å². The lowest BCUT2D eigenvalue weighted by Crippen LogP contribution is -2.42. The maximum atomic E-state index is 12.6. The van der Waals surface area contributed by atoms with E-state index in [9.17, 15) is 4.79 Å². The van der Waals surface area contributed by atoms with Gasteiger partial charge in [-0.05, 0) is 50.0 Å². The van der Waals surface area contributed by atoms with Crippen LogP contribution in [0.5, 0.6) is 0 Å². The van der Waals surface area contributed by atoms with Gasteiger partial charge >= 0.3 is 0 Å². The molecule has 104 valence electrons. The quantitative estimate of drug-likeness (QED) is 0.914. The van der Waals surface area contributed by atoms with Crippen LogP contribution < -0.4 is 5.32 Å². The van der Waals surface area contributed by atoms with E-state index in [-0.39, 0.29) is 5.41 Å². The molecule has 0 radical (unpaired) electrons. The average molecular weight is 300 g/mol. The second-order valence-electron chi connectivity index (χ2n) is 5.22. The van der Waals surface area contributed by atoms with Gasteiger partial charge in [0.2, 0.25) is 0 Å². The number of carbonyl (C=O) groups is 1. The molecule has 0 amide bonds. The van der Waals surface area contributed by atoms with Crippen molar-refractivity contribution in [2.45, 2.75) is 32.6 Å². The molecule has 1 saturated heterocycles. The van der Waals surface area contributed by atoms with Crippen LogP contribution in [0, 0.1) is 5.41 Å². The zero-order valence-electron chi connectivity index (χ0n) is 11.1. The fourth-order valence-electron chi connectivity index (χ4n) is 2.76. The third kappa shape index (κ3) is 3.31. The number of Topliss-reactive ketones (excluding diaryl/α,β-unsaturated/α-hetero) is 1. The summed E-state index contributed by atoms with van der Waals surface area (Å²) in [6.45, 7) is 3.95. The molecule has 1 aromatic rings. The van der Waals surface area contributed by atoms with Crippen LogP contribution in [0.3, 0.4) is 0 Å². The van der Waals surface area contributed by atoms with E-state index in [1.165, 1.54) is 0 Å². The first-order valence-corrected chi connectivity index (χ1v) is 7.51. The molecule has 1 N–H and O–H groups in total. The van der Waals surface area contributed by atoms with Crippen molar-refractivity contribution in [2.75, 3.05) is 13.1 Å². The van der Waals surface area contributed by atoms with E-state index < -0.39 is 0 Å². The Bertz CT molecular complexity index is 467. The number of nitrogens with one attached hydrogen (secondary N) is 1. The van der Waals surface area contributed by atoms with E-state index in [1.807, 2.05) is 6.07 Å². The van der Waals surface area contributed by atoms with Gasteiger partial charge in [0, 0.05) is 21.9 Å². The van der Waals surface area contributed by atoms with Crippen molar-refractivity contribution >= 4 is 29.0 Å². The molecule has 1 aliphatic heterocycles. The van der Waals surface area contributed by atoms with Gasteiger partial charge in [-0.3, -0.25) is 4.79 Å². The minimum Gasteiger partial charge on any atom is -0.317 e. The molecule has 0 atom stereocenters. The Hall–Kier alpha value is -0.570. The number of halogens is 2. The molecular formula is C15H19Cl2NO. The van der Waals surface area contributed by atoms with Gasteiger partial charge in [-0.25, -0.2) is 0 Å². The first-order valence-electron chi connectivity index (χ1n) is 6.75. The highest BCUT2D eigenvalue weighted by atomic mass is 35.5. The Balaban J connectivity index is 2.15. The lowest BCUT2D eigenvalue weighted by Gasteiger charge is -2.35. The summed E-state index contributed by atoms with van der Waals surface area (Å²) in [5.41, 5.74) is 0.705. The zero-order chi connectivity index (χ0) is 13.9. The van der Waals surface area contributed by atoms with Crippen LogP contribution in [-0.2, 0) is 11.2 Å². The first kappa shape index (κ1) is 14.8. The van der Waals surface area contributed by atoms with E-state index in [0.29, 0.717) is 22.2 Å². The van der Waals surface area contributed by atoms with E-state index >= 15 is 0 Å². The Morgan fingerprint density at radius 2 is 2.00 bits per heavy atom. The summed E-state index contributed by atoms with van der Waals surface area (Å²) in [5.74, 6) is 0.306. The van der Waals surface area contributed by atoms with Crippen molar-refractivity contribution in [1.29, 1.82) is 0 Å². The molecule has 4 heteroatoms. The topological polar surface area (TPSA) is 29.1 Å². The van der Waals surface area contributed by atoms with Gasteiger partial charge in [0.15, 0.2) is 0 Å². The predicted molar refractivity (Wildman–Crippen MR) is 80.0 cm³/mol. The predicted octanol–water partition coefficient (Wildman–Crippen LogP) is 3.88. The summed E-state index contributed by atoms with van der Waals surface area (Å²) in [5, 5.41) is 4.50. The molecule has 0 aromatic heterocycles. The van der Waals surface area contributed by atoms with Crippen LogP contribution in [0.2, 0.25) is 10.0 Å². The molecule has 19 heavy (non-hydrogen) atoms. The van der Waals surface area contributed by atoms with E-state index in [1.54, 1.807) is 12.1 Å². The van der Waals surface area contributed by atoms with Gasteiger partial charge < -0.3 is 5.32 Å². The van der Waals surface area contributed by atoms with Gasteiger partial charge in [-0.2, -0.15) is 0 Å². The molecule has 0 unspecified atom stereocenters. The molecule has 1 aromatic carbocycles. The van der Waals surface area contributed by atoms with Gasteiger partial charge in [0.25, 0.3) is 0 Å². The first-order chi connectivity index (χ1) is 9.07. The molecule has 1 aliphatic rings. The number of piperidine rings is 1. The van der Waals surface area contributed by atoms with Crippen molar-refractivity contribution in [3.63, 3.8) is 0 Å². The smallest absolute Gasteiger partial charge is 0.143 e. The molecule has 0 bridgehead atoms. The Morgan fingerprint density at radius 1 is 1.32 bits per heavy atom. The highest BCUT2D eigenvalue weighted by Crippen LogP contribution is 2.35. The zero-order valence-corrected chi connectivity index (χ0v) is 12.7. The van der Waals surface area contributed by atoms with Crippen LogP contribution >= 0.6 is 23.2 Å². The maximum Gasteiger partial charge on any atom is 0.143 e. The number of hydrogen-bond donors (Lipinski definition) is 1. The minimum atomic E-state index is -0.172. The highest BCUT2D eigenvalue weighted by molar-refractivity contribution is 6.35.